The van der Waals surface area contributed by atoms with Crippen LogP contribution in [0.3, 0.4) is 0 Å². The van der Waals surface area contributed by atoms with Gasteiger partial charge in [-0.3, -0.25) is 23.8 Å². The molecule has 1 saturated heterocycles. The second kappa shape index (κ2) is 7.28. The SMILES string of the molecule is CC(=O)Nc1ccc(N2C(=O)CC(N(Cc3c(=O)o[nH][n+]3C)C3CC3)C2=O)cc1. The van der Waals surface area contributed by atoms with Crippen molar-refractivity contribution in [2.75, 3.05) is 10.2 Å². The summed E-state index contributed by atoms with van der Waals surface area (Å²) in [5, 5.41) is 5.13. The van der Waals surface area contributed by atoms with Gasteiger partial charge >= 0.3 is 11.3 Å². The number of amides is 3. The zero-order chi connectivity index (χ0) is 20.7. The predicted molar refractivity (Wildman–Crippen MR) is 101 cm³/mol. The normalized spacial score (nSPS) is 19.3. The van der Waals surface area contributed by atoms with Gasteiger partial charge in [-0.1, -0.05) is 4.68 Å². The van der Waals surface area contributed by atoms with Crippen molar-refractivity contribution in [3.05, 3.63) is 40.4 Å². The Morgan fingerprint density at radius 2 is 1.97 bits per heavy atom. The summed E-state index contributed by atoms with van der Waals surface area (Å²) in [6.45, 7) is 1.63. The Kier molecular flexibility index (Phi) is 4.79. The fourth-order valence-corrected chi connectivity index (χ4v) is 3.65. The quantitative estimate of drug-likeness (QED) is 0.522. The molecule has 1 aromatic carbocycles. The molecule has 10 heteroatoms. The van der Waals surface area contributed by atoms with Crippen LogP contribution < -0.4 is 20.5 Å². The van der Waals surface area contributed by atoms with Gasteiger partial charge < -0.3 is 5.32 Å². The smallest absolute Gasteiger partial charge is 0.326 e. The highest BCUT2D eigenvalue weighted by molar-refractivity contribution is 6.22. The minimum atomic E-state index is -0.626. The molecular formula is C19H22N5O5+. The zero-order valence-corrected chi connectivity index (χ0v) is 16.2. The number of rotatable bonds is 6. The lowest BCUT2D eigenvalue weighted by Crippen LogP contribution is -2.47. The summed E-state index contributed by atoms with van der Waals surface area (Å²) in [4.78, 5) is 52.0. The molecule has 3 amide bonds. The third-order valence-electron chi connectivity index (χ3n) is 5.23. The Morgan fingerprint density at radius 3 is 2.52 bits per heavy atom. The molecule has 1 atom stereocenters. The van der Waals surface area contributed by atoms with Gasteiger partial charge in [-0.25, -0.2) is 9.69 Å². The summed E-state index contributed by atoms with van der Waals surface area (Å²) in [5.74, 6) is -0.797. The van der Waals surface area contributed by atoms with Crippen LogP contribution >= 0.6 is 0 Å². The van der Waals surface area contributed by atoms with Gasteiger partial charge in [0.2, 0.25) is 11.8 Å². The number of hydrogen-bond acceptors (Lipinski definition) is 6. The molecular weight excluding hydrogens is 378 g/mol. The Labute approximate surface area is 166 Å². The van der Waals surface area contributed by atoms with E-state index in [-0.39, 0.29) is 36.7 Å². The summed E-state index contributed by atoms with van der Waals surface area (Å²) < 4.78 is 6.28. The Hall–Kier alpha value is -3.27. The van der Waals surface area contributed by atoms with Crippen molar-refractivity contribution in [3.63, 3.8) is 0 Å². The summed E-state index contributed by atoms with van der Waals surface area (Å²) in [7, 11) is 1.66. The lowest BCUT2D eigenvalue weighted by atomic mass is 10.2. The minimum Gasteiger partial charge on any atom is -0.326 e. The molecule has 2 fully saturated rings. The summed E-state index contributed by atoms with van der Waals surface area (Å²) >= 11 is 0. The highest BCUT2D eigenvalue weighted by atomic mass is 16.5. The van der Waals surface area contributed by atoms with Crippen molar-refractivity contribution >= 4 is 29.1 Å². The average molecular weight is 400 g/mol. The highest BCUT2D eigenvalue weighted by Crippen LogP contribution is 2.34. The van der Waals surface area contributed by atoms with Crippen LogP contribution in [0.2, 0.25) is 0 Å². The Morgan fingerprint density at radius 1 is 1.28 bits per heavy atom. The number of nitrogens with one attached hydrogen (secondary N) is 2. The second-order valence-corrected chi connectivity index (χ2v) is 7.41. The van der Waals surface area contributed by atoms with E-state index in [0.29, 0.717) is 17.1 Å². The van der Waals surface area contributed by atoms with Crippen molar-refractivity contribution in [2.45, 2.75) is 44.8 Å². The van der Waals surface area contributed by atoms with Crippen molar-refractivity contribution in [3.8, 4) is 0 Å². The summed E-state index contributed by atoms with van der Waals surface area (Å²) in [6.07, 6.45) is 1.90. The van der Waals surface area contributed by atoms with E-state index >= 15 is 0 Å². The number of carbonyl (C=O) groups is 3. The molecule has 1 aliphatic carbocycles. The molecule has 1 aromatic heterocycles. The van der Waals surface area contributed by atoms with Gasteiger partial charge in [-0.2, -0.15) is 0 Å². The number of aromatic amines is 1. The predicted octanol–water partition coefficient (Wildman–Crippen LogP) is 0.0473. The first-order chi connectivity index (χ1) is 13.8. The molecule has 0 bridgehead atoms. The molecule has 2 heterocycles. The van der Waals surface area contributed by atoms with E-state index in [1.807, 2.05) is 4.90 Å². The molecule has 4 rings (SSSR count). The molecule has 2 aromatic rings. The standard InChI is InChI=1S/C19H21N5O5/c1-11(25)20-12-3-5-14(6-4-12)24-17(26)9-15(18(24)27)23(13-7-8-13)10-16-19(28)29-21-22(16)2/h3-6,13,15H,7-10H2,1-2H3,(H-,20,21,25,28)/p+1. The van der Waals surface area contributed by atoms with E-state index in [9.17, 15) is 19.2 Å². The van der Waals surface area contributed by atoms with Crippen LogP contribution in [0, 0.1) is 0 Å². The fraction of sp³-hybridized carbons (Fsp3) is 0.421. The Bertz CT molecular complexity index is 1020. The van der Waals surface area contributed by atoms with Gasteiger partial charge in [-0.05, 0) is 42.4 Å². The van der Waals surface area contributed by atoms with Crippen molar-refractivity contribution < 1.29 is 23.6 Å². The van der Waals surface area contributed by atoms with Crippen LogP contribution in [0.15, 0.2) is 33.6 Å². The maximum Gasteiger partial charge on any atom is 0.431 e. The number of hydrogen-bond donors (Lipinski definition) is 2. The maximum absolute atomic E-state index is 13.1. The minimum absolute atomic E-state index is 0.0578. The number of nitrogens with zero attached hydrogens (tertiary/aromatic N) is 3. The van der Waals surface area contributed by atoms with E-state index in [0.717, 1.165) is 12.8 Å². The molecule has 1 aliphatic heterocycles. The van der Waals surface area contributed by atoms with Crippen LogP contribution in [0.25, 0.3) is 0 Å². The molecule has 2 aliphatic rings. The van der Waals surface area contributed by atoms with E-state index in [2.05, 4.69) is 10.6 Å². The van der Waals surface area contributed by atoms with Gasteiger partial charge in [-0.15, -0.1) is 0 Å². The van der Waals surface area contributed by atoms with Gasteiger partial charge in [0.15, 0.2) is 7.05 Å². The lowest BCUT2D eigenvalue weighted by Gasteiger charge is -2.25. The molecule has 0 radical (unpaired) electrons. The maximum atomic E-state index is 13.1. The van der Waals surface area contributed by atoms with Crippen molar-refractivity contribution in [1.29, 1.82) is 0 Å². The second-order valence-electron chi connectivity index (χ2n) is 7.41. The van der Waals surface area contributed by atoms with E-state index in [1.54, 1.807) is 31.3 Å². The Balaban J connectivity index is 1.56. The fourth-order valence-electron chi connectivity index (χ4n) is 3.65. The number of carbonyl (C=O) groups excluding carboxylic acids is 3. The number of aryl methyl sites for hydroxylation is 1. The first-order valence-corrected chi connectivity index (χ1v) is 9.41. The van der Waals surface area contributed by atoms with E-state index < -0.39 is 11.7 Å². The van der Waals surface area contributed by atoms with Crippen LogP contribution in [0.1, 0.15) is 31.9 Å². The van der Waals surface area contributed by atoms with Crippen LogP contribution in [-0.4, -0.2) is 40.0 Å². The summed E-state index contributed by atoms with van der Waals surface area (Å²) in [5.41, 5.74) is 0.956. The van der Waals surface area contributed by atoms with Crippen LogP contribution in [0.4, 0.5) is 11.4 Å². The monoisotopic (exact) mass is 400 g/mol. The lowest BCUT2D eigenvalue weighted by molar-refractivity contribution is -0.747. The van der Waals surface area contributed by atoms with Crippen LogP contribution in [0.5, 0.6) is 0 Å². The van der Waals surface area contributed by atoms with Gasteiger partial charge in [0.05, 0.1) is 24.7 Å². The third-order valence-corrected chi connectivity index (χ3v) is 5.23. The molecule has 152 valence electrons. The average Bonchev–Trinajstić information content (AvgIpc) is 3.40. The molecule has 0 spiro atoms. The number of benzene rings is 1. The van der Waals surface area contributed by atoms with Gasteiger partial charge in [0.25, 0.3) is 5.91 Å². The van der Waals surface area contributed by atoms with Crippen LogP contribution in [-0.2, 0) is 28.0 Å². The molecule has 2 N–H and O–H groups in total. The number of H-pyrrole nitrogens is 1. The van der Waals surface area contributed by atoms with E-state index in [1.165, 1.54) is 16.5 Å². The highest BCUT2D eigenvalue weighted by Gasteiger charge is 2.48. The molecule has 10 nitrogen and oxygen atoms in total. The molecule has 1 unspecified atom stereocenters. The topological polar surface area (TPSA) is 120 Å². The van der Waals surface area contributed by atoms with Crippen molar-refractivity contribution in [2.24, 2.45) is 7.05 Å². The van der Waals surface area contributed by atoms with Crippen molar-refractivity contribution in [1.82, 2.24) is 10.2 Å². The van der Waals surface area contributed by atoms with E-state index in [4.69, 9.17) is 4.52 Å². The summed E-state index contributed by atoms with van der Waals surface area (Å²) in [6, 6.07) is 6.09. The number of aromatic nitrogens is 2. The van der Waals surface area contributed by atoms with Gasteiger partial charge in [0, 0.05) is 18.7 Å². The number of anilines is 2. The zero-order valence-electron chi connectivity index (χ0n) is 16.2. The first kappa shape index (κ1) is 19.1. The first-order valence-electron chi connectivity index (χ1n) is 9.41. The van der Waals surface area contributed by atoms with Gasteiger partial charge in [0.1, 0.15) is 0 Å². The largest absolute Gasteiger partial charge is 0.431 e. The molecule has 29 heavy (non-hydrogen) atoms. The third kappa shape index (κ3) is 3.70. The molecule has 1 saturated carbocycles. The number of imide groups is 1.